The zero-order valence-corrected chi connectivity index (χ0v) is 10.1. The summed E-state index contributed by atoms with van der Waals surface area (Å²) in [6, 6.07) is 0. The predicted octanol–water partition coefficient (Wildman–Crippen LogP) is 2.07. The highest BCUT2D eigenvalue weighted by Gasteiger charge is 2.38. The van der Waals surface area contributed by atoms with Crippen LogP contribution >= 0.6 is 24.4 Å². The largest absolute Gasteiger partial charge is 0.479 e. The summed E-state index contributed by atoms with van der Waals surface area (Å²) in [7, 11) is 0. The minimum absolute atomic E-state index is 0.00977. The Bertz CT molecular complexity index is 297. The molecule has 0 aliphatic rings. The maximum absolute atomic E-state index is 10.9. The first-order valence-electron chi connectivity index (χ1n) is 4.19. The van der Waals surface area contributed by atoms with Gasteiger partial charge in [0.15, 0.2) is 0 Å². The van der Waals surface area contributed by atoms with E-state index in [9.17, 15) is 9.90 Å². The zero-order valence-electron chi connectivity index (χ0n) is 8.38. The van der Waals surface area contributed by atoms with Gasteiger partial charge in [-0.15, -0.1) is 24.4 Å². The number of carboxylic acid groups (broad SMARTS) is 1. The molecule has 3 nitrogen and oxygen atoms in total. The van der Waals surface area contributed by atoms with Gasteiger partial charge in [-0.25, -0.2) is 4.79 Å². The number of carbonyl (C=O) groups is 1. The van der Waals surface area contributed by atoms with Gasteiger partial charge in [0.25, 0.3) is 0 Å². The Morgan fingerprint density at radius 1 is 1.67 bits per heavy atom. The molecule has 1 unspecified atom stereocenters. The Kier molecular flexibility index (Phi) is 6.47. The van der Waals surface area contributed by atoms with E-state index < -0.39 is 11.6 Å². The Morgan fingerprint density at radius 2 is 2.27 bits per heavy atom. The van der Waals surface area contributed by atoms with E-state index in [1.807, 2.05) is 6.92 Å². The minimum atomic E-state index is -1.96. The highest BCUT2D eigenvalue weighted by atomic mass is 32.2. The van der Waals surface area contributed by atoms with Crippen molar-refractivity contribution >= 4 is 30.4 Å². The number of rotatable bonds is 6. The summed E-state index contributed by atoms with van der Waals surface area (Å²) < 4.78 is 0. The van der Waals surface area contributed by atoms with Gasteiger partial charge in [0, 0.05) is 10.7 Å². The highest BCUT2D eigenvalue weighted by Crippen LogP contribution is 2.26. The predicted molar refractivity (Wildman–Crippen MR) is 67.1 cm³/mol. The molecule has 0 fully saturated rings. The lowest BCUT2D eigenvalue weighted by Crippen LogP contribution is -2.41. The molecule has 2 N–H and O–H groups in total. The Labute approximate surface area is 99.0 Å². The normalized spacial score (nSPS) is 16.3. The van der Waals surface area contributed by atoms with E-state index in [4.69, 9.17) is 5.11 Å². The number of thioether (sulfide) groups is 1. The third-order valence-corrected chi connectivity index (χ3v) is 3.15. The number of thiol groups is 1. The van der Waals surface area contributed by atoms with Crippen LogP contribution in [0.2, 0.25) is 0 Å². The van der Waals surface area contributed by atoms with Crippen molar-refractivity contribution in [3.05, 3.63) is 35.1 Å². The molecule has 0 bridgehead atoms. The lowest BCUT2D eigenvalue weighted by atomic mass is 10.1. The molecular formula is C10H14O3S2. The summed E-state index contributed by atoms with van der Waals surface area (Å²) in [5.74, 6) is -1.31. The van der Waals surface area contributed by atoms with E-state index >= 15 is 0 Å². The van der Waals surface area contributed by atoms with Crippen molar-refractivity contribution in [2.75, 3.05) is 5.75 Å². The number of aliphatic carboxylic acids is 1. The topological polar surface area (TPSA) is 57.5 Å². The van der Waals surface area contributed by atoms with Crippen molar-refractivity contribution in [1.29, 1.82) is 0 Å². The molecule has 0 heterocycles. The fourth-order valence-corrected chi connectivity index (χ4v) is 1.96. The highest BCUT2D eigenvalue weighted by molar-refractivity contribution is 8.02. The molecule has 0 spiro atoms. The molecule has 84 valence electrons. The van der Waals surface area contributed by atoms with Crippen LogP contribution in [0.3, 0.4) is 0 Å². The Morgan fingerprint density at radius 3 is 2.67 bits per heavy atom. The SMILES string of the molecule is C=C/C=C(\S)C(O)(CS/C=C\C)C(=O)O. The summed E-state index contributed by atoms with van der Waals surface area (Å²) in [5, 5.41) is 20.5. The van der Waals surface area contributed by atoms with E-state index in [0.29, 0.717) is 0 Å². The Balaban J connectivity index is 4.81. The summed E-state index contributed by atoms with van der Waals surface area (Å²) >= 11 is 5.16. The van der Waals surface area contributed by atoms with Crippen molar-refractivity contribution < 1.29 is 15.0 Å². The van der Waals surface area contributed by atoms with Gasteiger partial charge in [0.2, 0.25) is 5.60 Å². The van der Waals surface area contributed by atoms with E-state index in [1.54, 1.807) is 11.5 Å². The molecule has 0 rings (SSSR count). The lowest BCUT2D eigenvalue weighted by Gasteiger charge is -2.22. The van der Waals surface area contributed by atoms with Crippen molar-refractivity contribution in [2.24, 2.45) is 0 Å². The van der Waals surface area contributed by atoms with Crippen LogP contribution < -0.4 is 0 Å². The molecule has 0 aliphatic heterocycles. The first-order chi connectivity index (χ1) is 6.99. The van der Waals surface area contributed by atoms with Crippen LogP contribution in [0.25, 0.3) is 0 Å². The van der Waals surface area contributed by atoms with Gasteiger partial charge < -0.3 is 10.2 Å². The third-order valence-electron chi connectivity index (χ3n) is 1.58. The fraction of sp³-hybridized carbons (Fsp3) is 0.300. The van der Waals surface area contributed by atoms with Crippen LogP contribution in [0, 0.1) is 0 Å². The van der Waals surface area contributed by atoms with Crippen molar-refractivity contribution in [3.8, 4) is 0 Å². The van der Waals surface area contributed by atoms with Gasteiger partial charge in [-0.3, -0.25) is 0 Å². The average molecular weight is 246 g/mol. The number of hydrogen-bond acceptors (Lipinski definition) is 4. The Hall–Kier alpha value is -0.650. The molecular weight excluding hydrogens is 232 g/mol. The molecule has 15 heavy (non-hydrogen) atoms. The van der Waals surface area contributed by atoms with Gasteiger partial charge in [0.1, 0.15) is 0 Å². The van der Waals surface area contributed by atoms with Crippen LogP contribution in [0.4, 0.5) is 0 Å². The average Bonchev–Trinajstić information content (AvgIpc) is 2.18. The molecule has 0 aliphatic carbocycles. The standard InChI is InChI=1S/C10H14O3S2/c1-3-5-8(14)10(13,9(11)12)7-15-6-4-2/h3-6,13-14H,1,7H2,2H3,(H,11,12)/b6-4-,8-5-. The maximum Gasteiger partial charge on any atom is 0.341 e. The van der Waals surface area contributed by atoms with Gasteiger partial charge >= 0.3 is 5.97 Å². The van der Waals surface area contributed by atoms with Crippen molar-refractivity contribution in [3.63, 3.8) is 0 Å². The number of aliphatic hydroxyl groups is 1. The van der Waals surface area contributed by atoms with E-state index in [0.717, 1.165) is 0 Å². The van der Waals surface area contributed by atoms with Crippen molar-refractivity contribution in [2.45, 2.75) is 12.5 Å². The molecule has 5 heteroatoms. The van der Waals surface area contributed by atoms with Gasteiger partial charge in [-0.1, -0.05) is 18.7 Å². The number of hydrogen-bond donors (Lipinski definition) is 3. The lowest BCUT2D eigenvalue weighted by molar-refractivity contribution is -0.151. The quantitative estimate of drug-likeness (QED) is 0.496. The van der Waals surface area contributed by atoms with Crippen LogP contribution in [0.15, 0.2) is 35.1 Å². The molecule has 1 atom stereocenters. The second kappa shape index (κ2) is 6.76. The maximum atomic E-state index is 10.9. The van der Waals surface area contributed by atoms with Gasteiger partial charge in [-0.05, 0) is 18.4 Å². The smallest absolute Gasteiger partial charge is 0.341 e. The first kappa shape index (κ1) is 14.3. The molecule has 0 saturated heterocycles. The summed E-state index contributed by atoms with van der Waals surface area (Å²) in [6.45, 7) is 5.23. The van der Waals surface area contributed by atoms with Gasteiger partial charge in [0.05, 0.1) is 0 Å². The summed E-state index contributed by atoms with van der Waals surface area (Å²) in [6.07, 6.45) is 4.52. The van der Waals surface area contributed by atoms with Crippen molar-refractivity contribution in [1.82, 2.24) is 0 Å². The molecule has 0 aromatic heterocycles. The van der Waals surface area contributed by atoms with E-state index in [-0.39, 0.29) is 10.7 Å². The summed E-state index contributed by atoms with van der Waals surface area (Å²) in [4.78, 5) is 11.0. The van der Waals surface area contributed by atoms with Crippen LogP contribution in [0.1, 0.15) is 6.92 Å². The van der Waals surface area contributed by atoms with Crippen LogP contribution in [-0.4, -0.2) is 27.5 Å². The number of allylic oxidation sites excluding steroid dienone is 3. The van der Waals surface area contributed by atoms with Gasteiger partial charge in [-0.2, -0.15) is 0 Å². The third kappa shape index (κ3) is 4.15. The van der Waals surface area contributed by atoms with E-state index in [2.05, 4.69) is 19.2 Å². The molecule has 0 radical (unpaired) electrons. The van der Waals surface area contributed by atoms with E-state index in [1.165, 1.54) is 23.9 Å². The zero-order chi connectivity index (χ0) is 11.9. The van der Waals surface area contributed by atoms with Crippen LogP contribution in [-0.2, 0) is 4.79 Å². The number of carboxylic acids is 1. The molecule has 0 saturated carbocycles. The minimum Gasteiger partial charge on any atom is -0.479 e. The second-order valence-electron chi connectivity index (χ2n) is 2.73. The molecule has 0 amide bonds. The van der Waals surface area contributed by atoms with Crippen LogP contribution in [0.5, 0.6) is 0 Å². The summed E-state index contributed by atoms with van der Waals surface area (Å²) in [5.41, 5.74) is -1.96. The second-order valence-corrected chi connectivity index (χ2v) is 4.11. The monoisotopic (exact) mass is 246 g/mol. The fourth-order valence-electron chi connectivity index (χ4n) is 0.760. The first-order valence-corrected chi connectivity index (χ1v) is 5.69. The molecule has 0 aromatic carbocycles. The molecule has 0 aromatic rings.